The minimum atomic E-state index is -0.322. The number of benzene rings is 1. The molecule has 1 saturated heterocycles. The lowest BCUT2D eigenvalue weighted by Crippen LogP contribution is -3.19. The van der Waals surface area contributed by atoms with Crippen LogP contribution in [0.1, 0.15) is 24.2 Å². The van der Waals surface area contributed by atoms with Crippen molar-refractivity contribution in [3.63, 3.8) is 0 Å². The molecule has 6 nitrogen and oxygen atoms in total. The number of rotatable bonds is 4. The molecule has 0 bridgehead atoms. The lowest BCUT2D eigenvalue weighted by atomic mass is 10.1. The Labute approximate surface area is 123 Å². The fourth-order valence-electron chi connectivity index (χ4n) is 2.34. The predicted octanol–water partition coefficient (Wildman–Crippen LogP) is -0.769. The van der Waals surface area contributed by atoms with Crippen LogP contribution >= 0.6 is 0 Å². The van der Waals surface area contributed by atoms with E-state index in [0.29, 0.717) is 24.3 Å². The van der Waals surface area contributed by atoms with E-state index in [-0.39, 0.29) is 23.6 Å². The monoisotopic (exact) mass is 290 g/mol. The Morgan fingerprint density at radius 3 is 2.81 bits per heavy atom. The number of nitrogens with one attached hydrogen (secondary N) is 3. The van der Waals surface area contributed by atoms with Gasteiger partial charge in [0, 0.05) is 11.3 Å². The second kappa shape index (κ2) is 6.49. The molecule has 1 aromatic rings. The molecule has 0 spiro atoms. The van der Waals surface area contributed by atoms with Crippen LogP contribution in [-0.4, -0.2) is 43.3 Å². The van der Waals surface area contributed by atoms with Crippen LogP contribution in [0.4, 0.5) is 5.69 Å². The number of hydrogen-bond acceptors (Lipinski definition) is 3. The van der Waals surface area contributed by atoms with Gasteiger partial charge in [0.15, 0.2) is 18.4 Å². The number of piperazine rings is 1. The average molecular weight is 290 g/mol. The summed E-state index contributed by atoms with van der Waals surface area (Å²) in [5.74, 6) is -0.229. The highest BCUT2D eigenvalue weighted by Gasteiger charge is 2.29. The van der Waals surface area contributed by atoms with E-state index in [4.69, 9.17) is 0 Å². The molecular weight excluding hydrogens is 270 g/mol. The van der Waals surface area contributed by atoms with Crippen molar-refractivity contribution in [2.75, 3.05) is 25.0 Å². The zero-order chi connectivity index (χ0) is 15.4. The summed E-state index contributed by atoms with van der Waals surface area (Å²) in [6.07, 6.45) is 0. The van der Waals surface area contributed by atoms with Crippen molar-refractivity contribution in [3.8, 4) is 0 Å². The Hall–Kier alpha value is -2.21. The second-order valence-electron chi connectivity index (χ2n) is 5.28. The third kappa shape index (κ3) is 3.88. The highest BCUT2D eigenvalue weighted by molar-refractivity contribution is 5.98. The van der Waals surface area contributed by atoms with Crippen LogP contribution < -0.4 is 15.5 Å². The molecule has 1 fully saturated rings. The van der Waals surface area contributed by atoms with Gasteiger partial charge in [-0.1, -0.05) is 12.1 Å². The first-order valence-electron chi connectivity index (χ1n) is 7.00. The molecule has 3 N–H and O–H groups in total. The maximum Gasteiger partial charge on any atom is 0.282 e. The number of Topliss-reactive ketones (excluding diaryl/α,β-unsaturated/α-hetero) is 1. The number of anilines is 1. The summed E-state index contributed by atoms with van der Waals surface area (Å²) in [6.45, 7) is 4.92. The quantitative estimate of drug-likeness (QED) is 0.637. The van der Waals surface area contributed by atoms with Crippen molar-refractivity contribution in [3.05, 3.63) is 29.8 Å². The van der Waals surface area contributed by atoms with Crippen LogP contribution in [0.2, 0.25) is 0 Å². The van der Waals surface area contributed by atoms with E-state index in [9.17, 15) is 14.4 Å². The summed E-state index contributed by atoms with van der Waals surface area (Å²) in [6, 6.07) is 6.53. The van der Waals surface area contributed by atoms with Gasteiger partial charge in [0.05, 0.1) is 13.1 Å². The summed E-state index contributed by atoms with van der Waals surface area (Å²) in [5.41, 5.74) is 1.16. The summed E-state index contributed by atoms with van der Waals surface area (Å²) in [4.78, 5) is 35.9. The van der Waals surface area contributed by atoms with Crippen molar-refractivity contribution in [1.82, 2.24) is 5.32 Å². The lowest BCUT2D eigenvalue weighted by Gasteiger charge is -2.28. The third-order valence-corrected chi connectivity index (χ3v) is 3.70. The largest absolute Gasteiger partial charge is 0.346 e. The van der Waals surface area contributed by atoms with Crippen molar-refractivity contribution < 1.29 is 19.3 Å². The van der Waals surface area contributed by atoms with E-state index in [0.717, 1.165) is 11.4 Å². The SMILES string of the molecule is CC(=O)c1cccc(NC(=O)[C@H](C)[NH+]2CCNC(=O)C2)c1. The lowest BCUT2D eigenvalue weighted by molar-refractivity contribution is -0.907. The van der Waals surface area contributed by atoms with Crippen molar-refractivity contribution >= 4 is 23.3 Å². The van der Waals surface area contributed by atoms with E-state index in [1.807, 2.05) is 0 Å². The van der Waals surface area contributed by atoms with Crippen LogP contribution in [0.25, 0.3) is 0 Å². The smallest absolute Gasteiger partial charge is 0.282 e. The fraction of sp³-hybridized carbons (Fsp3) is 0.400. The highest BCUT2D eigenvalue weighted by atomic mass is 16.2. The van der Waals surface area contributed by atoms with Crippen molar-refractivity contribution in [2.24, 2.45) is 0 Å². The van der Waals surface area contributed by atoms with Crippen LogP contribution in [0, 0.1) is 0 Å². The van der Waals surface area contributed by atoms with Crippen LogP contribution in [0.5, 0.6) is 0 Å². The second-order valence-corrected chi connectivity index (χ2v) is 5.28. The molecule has 1 unspecified atom stereocenters. The third-order valence-electron chi connectivity index (χ3n) is 3.70. The fourth-order valence-corrected chi connectivity index (χ4v) is 2.34. The first-order valence-corrected chi connectivity index (χ1v) is 7.00. The molecule has 0 aliphatic carbocycles. The van der Waals surface area contributed by atoms with E-state index >= 15 is 0 Å². The van der Waals surface area contributed by atoms with Gasteiger partial charge in [0.25, 0.3) is 11.8 Å². The summed E-state index contributed by atoms with van der Waals surface area (Å²) >= 11 is 0. The molecule has 112 valence electrons. The first kappa shape index (κ1) is 15.2. The molecule has 6 heteroatoms. The van der Waals surface area contributed by atoms with Gasteiger partial charge in [-0.3, -0.25) is 14.4 Å². The van der Waals surface area contributed by atoms with Crippen molar-refractivity contribution in [2.45, 2.75) is 19.9 Å². The van der Waals surface area contributed by atoms with Gasteiger partial charge < -0.3 is 15.5 Å². The van der Waals surface area contributed by atoms with Crippen molar-refractivity contribution in [1.29, 1.82) is 0 Å². The Morgan fingerprint density at radius 1 is 1.38 bits per heavy atom. The van der Waals surface area contributed by atoms with Crippen LogP contribution in [0.3, 0.4) is 0 Å². The Balaban J connectivity index is 2.01. The number of carbonyl (C=O) groups is 3. The molecule has 0 radical (unpaired) electrons. The summed E-state index contributed by atoms with van der Waals surface area (Å²) < 4.78 is 0. The van der Waals surface area contributed by atoms with E-state index in [1.54, 1.807) is 31.2 Å². The Bertz CT molecular complexity index is 571. The van der Waals surface area contributed by atoms with Crippen LogP contribution in [0.15, 0.2) is 24.3 Å². The van der Waals surface area contributed by atoms with Crippen LogP contribution in [-0.2, 0) is 9.59 Å². The molecule has 21 heavy (non-hydrogen) atoms. The van der Waals surface area contributed by atoms with Gasteiger partial charge in [-0.15, -0.1) is 0 Å². The van der Waals surface area contributed by atoms with Gasteiger partial charge in [0.1, 0.15) is 0 Å². The molecule has 1 heterocycles. The number of hydrogen-bond donors (Lipinski definition) is 3. The van der Waals surface area contributed by atoms with Gasteiger partial charge in [0.2, 0.25) is 0 Å². The minimum Gasteiger partial charge on any atom is -0.346 e. The Kier molecular flexibility index (Phi) is 4.70. The zero-order valence-corrected chi connectivity index (χ0v) is 12.2. The van der Waals surface area contributed by atoms with E-state index in [2.05, 4.69) is 10.6 Å². The molecule has 2 amide bonds. The topological polar surface area (TPSA) is 79.7 Å². The van der Waals surface area contributed by atoms with Gasteiger partial charge in [-0.25, -0.2) is 0 Å². The molecule has 1 aliphatic rings. The summed E-state index contributed by atoms with van der Waals surface area (Å²) in [7, 11) is 0. The van der Waals surface area contributed by atoms with E-state index in [1.165, 1.54) is 6.92 Å². The number of amides is 2. The molecular formula is C15H20N3O3+. The molecule has 2 atom stereocenters. The maximum atomic E-state index is 12.3. The number of carbonyl (C=O) groups excluding carboxylic acids is 3. The summed E-state index contributed by atoms with van der Waals surface area (Å²) in [5, 5.41) is 5.55. The number of ketones is 1. The standard InChI is InChI=1S/C15H19N3O3/c1-10(18-7-6-16-14(20)9-18)15(21)17-13-5-3-4-12(8-13)11(2)19/h3-5,8,10H,6-7,9H2,1-2H3,(H,16,20)(H,17,21)/p+1/t10-/m0/s1. The van der Waals surface area contributed by atoms with Gasteiger partial charge >= 0.3 is 0 Å². The molecule has 2 rings (SSSR count). The first-order chi connectivity index (χ1) is 9.97. The zero-order valence-electron chi connectivity index (χ0n) is 12.2. The predicted molar refractivity (Wildman–Crippen MR) is 78.2 cm³/mol. The van der Waals surface area contributed by atoms with E-state index < -0.39 is 0 Å². The normalized spacial score (nSPS) is 19.5. The maximum absolute atomic E-state index is 12.3. The highest BCUT2D eigenvalue weighted by Crippen LogP contribution is 2.11. The minimum absolute atomic E-state index is 0.0329. The van der Waals surface area contributed by atoms with Gasteiger partial charge in [-0.05, 0) is 26.0 Å². The Morgan fingerprint density at radius 2 is 2.14 bits per heavy atom. The molecule has 1 aromatic carbocycles. The average Bonchev–Trinajstić information content (AvgIpc) is 2.46. The number of quaternary nitrogens is 1. The molecule has 0 saturated carbocycles. The molecule has 1 aliphatic heterocycles. The van der Waals surface area contributed by atoms with Gasteiger partial charge in [-0.2, -0.15) is 0 Å². The molecule has 0 aromatic heterocycles.